The quantitative estimate of drug-likeness (QED) is 0.178. The molecule has 50 heavy (non-hydrogen) atoms. The van der Waals surface area contributed by atoms with Crippen molar-refractivity contribution < 1.29 is 63.9 Å². The molecule has 3 heterocycles. The predicted octanol–water partition coefficient (Wildman–Crippen LogP) is 3.40. The van der Waals surface area contributed by atoms with Crippen LogP contribution in [-0.4, -0.2) is 104 Å². The Morgan fingerprint density at radius 2 is 1.34 bits per heavy atom. The van der Waals surface area contributed by atoms with E-state index in [4.69, 9.17) is 23.7 Å². The maximum absolute atomic E-state index is 13.9. The topological polar surface area (TPSA) is 202 Å². The van der Waals surface area contributed by atoms with Gasteiger partial charge in [-0.15, -0.1) is 0 Å². The van der Waals surface area contributed by atoms with Gasteiger partial charge in [0, 0.05) is 46.7 Å². The third-order valence-corrected chi connectivity index (χ3v) is 10.4. The molecule has 11 atom stereocenters. The number of hydrogen-bond donors (Lipinski definition) is 6. The number of ether oxygens (including phenoxy) is 5. The molecule has 0 spiro atoms. The molecule has 0 amide bonds. The fraction of sp³-hybridized carbons (Fsp3) is 0.514. The Morgan fingerprint density at radius 1 is 0.680 bits per heavy atom. The van der Waals surface area contributed by atoms with Crippen molar-refractivity contribution in [3.8, 4) is 17.2 Å². The van der Waals surface area contributed by atoms with Crippen molar-refractivity contribution in [1.29, 1.82) is 0 Å². The van der Waals surface area contributed by atoms with Gasteiger partial charge in [-0.25, -0.2) is 0 Å². The molecule has 7 rings (SSSR count). The van der Waals surface area contributed by atoms with Gasteiger partial charge in [-0.3, -0.25) is 9.59 Å². The summed E-state index contributed by atoms with van der Waals surface area (Å²) in [6, 6.07) is 7.37. The van der Waals surface area contributed by atoms with Crippen molar-refractivity contribution in [2.24, 2.45) is 0 Å². The van der Waals surface area contributed by atoms with Crippen LogP contribution in [0.1, 0.15) is 95.5 Å². The molecule has 0 aromatic heterocycles. The van der Waals surface area contributed by atoms with Gasteiger partial charge in [-0.05, 0) is 63.9 Å². The Labute approximate surface area is 287 Å². The third kappa shape index (κ3) is 5.95. The van der Waals surface area contributed by atoms with Crippen LogP contribution < -0.4 is 0 Å². The number of aromatic hydroxyl groups is 3. The van der Waals surface area contributed by atoms with Gasteiger partial charge in [0.05, 0.1) is 53.9 Å². The molecule has 6 N–H and O–H groups in total. The molecule has 13 nitrogen and oxygen atoms in total. The number of carbonyl (C=O) groups is 2. The summed E-state index contributed by atoms with van der Waals surface area (Å²) < 4.78 is 30.3. The second-order valence-electron chi connectivity index (χ2n) is 13.9. The first kappa shape index (κ1) is 34.8. The van der Waals surface area contributed by atoms with Crippen LogP contribution in [0, 0.1) is 6.92 Å². The summed E-state index contributed by atoms with van der Waals surface area (Å²) in [5.41, 5.74) is 0.231. The second kappa shape index (κ2) is 13.1. The minimum absolute atomic E-state index is 0.0768. The number of phenols is 3. The van der Waals surface area contributed by atoms with E-state index in [-0.39, 0.29) is 63.3 Å². The summed E-state index contributed by atoms with van der Waals surface area (Å²) in [6.07, 6.45) is -6.85. The van der Waals surface area contributed by atoms with Crippen LogP contribution in [0.2, 0.25) is 0 Å². The minimum atomic E-state index is -1.04. The maximum atomic E-state index is 13.9. The highest BCUT2D eigenvalue weighted by Gasteiger charge is 2.44. The molecule has 13 heteroatoms. The van der Waals surface area contributed by atoms with Crippen molar-refractivity contribution in [2.45, 2.75) is 121 Å². The molecular weight excluding hydrogens is 652 g/mol. The lowest BCUT2D eigenvalue weighted by Gasteiger charge is -2.43. The Balaban J connectivity index is 1.08. The highest BCUT2D eigenvalue weighted by Crippen LogP contribution is 2.46. The second-order valence-corrected chi connectivity index (χ2v) is 13.9. The number of rotatable bonds is 5. The number of aliphatic hydroxyl groups excluding tert-OH is 3. The van der Waals surface area contributed by atoms with Crippen molar-refractivity contribution in [3.05, 3.63) is 63.7 Å². The van der Waals surface area contributed by atoms with Gasteiger partial charge in [0.2, 0.25) is 0 Å². The molecule has 3 aliphatic heterocycles. The lowest BCUT2D eigenvalue weighted by Crippen LogP contribution is -2.51. The zero-order chi connectivity index (χ0) is 35.8. The summed E-state index contributed by atoms with van der Waals surface area (Å²) in [5.74, 6) is -2.37. The van der Waals surface area contributed by atoms with Gasteiger partial charge in [0.1, 0.15) is 29.5 Å². The molecule has 3 saturated heterocycles. The molecule has 3 aromatic rings. The first-order valence-corrected chi connectivity index (χ1v) is 17.0. The molecule has 1 aliphatic carbocycles. The van der Waals surface area contributed by atoms with E-state index in [9.17, 15) is 40.2 Å². The Hall–Kier alpha value is -3.66. The molecule has 268 valence electrons. The van der Waals surface area contributed by atoms with Crippen molar-refractivity contribution in [2.75, 3.05) is 0 Å². The van der Waals surface area contributed by atoms with E-state index in [0.717, 1.165) is 0 Å². The number of phenolic OH excluding ortho intramolecular Hbond substituents is 3. The first-order chi connectivity index (χ1) is 23.7. The van der Waals surface area contributed by atoms with Gasteiger partial charge in [0.15, 0.2) is 24.1 Å². The Kier molecular flexibility index (Phi) is 9.14. The number of aliphatic hydroxyl groups is 3. The molecular formula is C37H42O13. The lowest BCUT2D eigenvalue weighted by molar-refractivity contribution is -0.306. The van der Waals surface area contributed by atoms with E-state index in [1.807, 2.05) is 6.92 Å². The van der Waals surface area contributed by atoms with Crippen LogP contribution in [0.3, 0.4) is 0 Å². The lowest BCUT2D eigenvalue weighted by atomic mass is 9.79. The van der Waals surface area contributed by atoms with Crippen LogP contribution in [0.4, 0.5) is 0 Å². The van der Waals surface area contributed by atoms with Gasteiger partial charge < -0.3 is 54.3 Å². The molecule has 3 aromatic carbocycles. The van der Waals surface area contributed by atoms with Crippen LogP contribution in [0.15, 0.2) is 30.3 Å². The van der Waals surface area contributed by atoms with E-state index in [0.29, 0.717) is 18.4 Å². The number of benzene rings is 3. The summed E-state index contributed by atoms with van der Waals surface area (Å²) in [6.45, 7) is 6.89. The predicted molar refractivity (Wildman–Crippen MR) is 175 cm³/mol. The first-order valence-electron chi connectivity index (χ1n) is 17.0. The molecule has 0 radical (unpaired) electrons. The van der Waals surface area contributed by atoms with Gasteiger partial charge in [-0.2, -0.15) is 0 Å². The molecule has 3 fully saturated rings. The molecule has 0 bridgehead atoms. The summed E-state index contributed by atoms with van der Waals surface area (Å²) in [7, 11) is 0. The van der Waals surface area contributed by atoms with Crippen molar-refractivity contribution in [1.82, 2.24) is 0 Å². The Morgan fingerprint density at radius 3 is 2.06 bits per heavy atom. The van der Waals surface area contributed by atoms with Crippen LogP contribution >= 0.6 is 0 Å². The van der Waals surface area contributed by atoms with E-state index in [1.165, 1.54) is 24.3 Å². The number of hydrogen-bond acceptors (Lipinski definition) is 13. The fourth-order valence-electron chi connectivity index (χ4n) is 7.66. The fourth-order valence-corrected chi connectivity index (χ4v) is 7.66. The van der Waals surface area contributed by atoms with E-state index >= 15 is 0 Å². The summed E-state index contributed by atoms with van der Waals surface area (Å²) in [4.78, 5) is 27.6. The molecule has 4 aliphatic rings. The average molecular weight is 695 g/mol. The van der Waals surface area contributed by atoms with Gasteiger partial charge >= 0.3 is 0 Å². The highest BCUT2D eigenvalue weighted by atomic mass is 16.7. The van der Waals surface area contributed by atoms with Crippen LogP contribution in [0.5, 0.6) is 17.2 Å². The zero-order valence-electron chi connectivity index (χ0n) is 28.1. The monoisotopic (exact) mass is 694 g/mol. The normalized spacial score (nSPS) is 34.4. The molecule has 0 saturated carbocycles. The van der Waals surface area contributed by atoms with Crippen molar-refractivity contribution in [3.63, 3.8) is 0 Å². The number of fused-ring (bicyclic) bond motifs is 3. The summed E-state index contributed by atoms with van der Waals surface area (Å²) >= 11 is 0. The van der Waals surface area contributed by atoms with Gasteiger partial charge in [0.25, 0.3) is 0 Å². The number of ketones is 2. The maximum Gasteiger partial charge on any atom is 0.198 e. The van der Waals surface area contributed by atoms with E-state index in [2.05, 4.69) is 0 Å². The van der Waals surface area contributed by atoms with E-state index < -0.39 is 84.5 Å². The standard InChI is InChI=1S/C37H42O13/c1-14-9-21-20(23(38)10-14)11-22-31(36(21)44)35(43)19-6-5-18(34(42)30(19)37(22)45)26-13-27(33(41)17(4)46-26)50-28-8-7-25(15(2)47-28)49-29-12-24(39)32(40)16(3)48-29/h5-6,9-11,15-17,24-29,32-33,38-42,44H,7-8,12-13H2,1-4H3/t15-,16+,17+,24+,25-,26+,27+,28-,29-,32+,33+/m0/s1. The van der Waals surface area contributed by atoms with E-state index in [1.54, 1.807) is 26.8 Å². The largest absolute Gasteiger partial charge is 0.507 e. The van der Waals surface area contributed by atoms with Crippen molar-refractivity contribution >= 4 is 22.3 Å². The summed E-state index contributed by atoms with van der Waals surface area (Å²) in [5, 5.41) is 64.7. The van der Waals surface area contributed by atoms with Crippen LogP contribution in [-0.2, 0) is 23.7 Å². The zero-order valence-corrected chi connectivity index (χ0v) is 28.1. The molecule has 0 unspecified atom stereocenters. The number of aryl methyl sites for hydroxylation is 1. The number of carbonyl (C=O) groups excluding carboxylic acids is 2. The highest BCUT2D eigenvalue weighted by molar-refractivity contribution is 6.32. The average Bonchev–Trinajstić information content (AvgIpc) is 3.06. The van der Waals surface area contributed by atoms with Gasteiger partial charge in [-0.1, -0.05) is 6.07 Å². The minimum Gasteiger partial charge on any atom is -0.507 e. The van der Waals surface area contributed by atoms with Crippen LogP contribution in [0.25, 0.3) is 10.8 Å². The Bertz CT molecular complexity index is 1830. The SMILES string of the molecule is Cc1cc(O)c2cc3c(c(O)c2c1)C(=O)c1ccc([C@H]2C[C@@H](O[C@H]4CC[C@H](O[C@H]5C[C@@H](O)[C@H](O)[C@@H](C)O5)[C@H](C)O4)[C@H](O)[C@@H](C)O2)c(O)c1C3=O. The smallest absolute Gasteiger partial charge is 0.198 e. The third-order valence-electron chi connectivity index (χ3n) is 10.4.